The fourth-order valence-corrected chi connectivity index (χ4v) is 7.17. The van der Waals surface area contributed by atoms with Crippen LogP contribution >= 0.6 is 11.6 Å². The van der Waals surface area contributed by atoms with Gasteiger partial charge >= 0.3 is 5.97 Å². The van der Waals surface area contributed by atoms with E-state index in [1.54, 1.807) is 24.0 Å². The Kier molecular flexibility index (Phi) is 9.23. The van der Waals surface area contributed by atoms with E-state index in [0.29, 0.717) is 24.5 Å². The van der Waals surface area contributed by atoms with Crippen molar-refractivity contribution in [3.8, 4) is 11.1 Å². The molecule has 1 saturated carbocycles. The molecule has 4 aliphatic rings. The number of anilines is 2. The van der Waals surface area contributed by atoms with Crippen molar-refractivity contribution in [1.82, 2.24) is 14.9 Å². The van der Waals surface area contributed by atoms with Gasteiger partial charge in [0, 0.05) is 87.2 Å². The Labute approximate surface area is 266 Å². The van der Waals surface area contributed by atoms with Gasteiger partial charge in [-0.1, -0.05) is 29.8 Å². The molecule has 0 radical (unpaired) electrons. The largest absolute Gasteiger partial charge is 0.463 e. The molecule has 3 heterocycles. The Morgan fingerprint density at radius 2 is 1.76 bits per heavy atom. The lowest BCUT2D eigenvalue weighted by Crippen LogP contribution is -2.52. The first-order chi connectivity index (χ1) is 21.6. The van der Waals surface area contributed by atoms with Gasteiger partial charge in [-0.15, -0.1) is 0 Å². The van der Waals surface area contributed by atoms with Crippen LogP contribution in [-0.2, 0) is 9.53 Å². The summed E-state index contributed by atoms with van der Waals surface area (Å²) >= 11 is 6.49. The molecule has 0 N–H and O–H groups in total. The minimum absolute atomic E-state index is 0.0129. The number of allylic oxidation sites excluding steroid dienone is 1. The lowest BCUT2D eigenvalue weighted by atomic mass is 9.98. The van der Waals surface area contributed by atoms with E-state index < -0.39 is 24.2 Å². The standard InChI is InChI=1S/C33H40ClF4N5O2/c1-3-45-32(44)28-21-39(2)43(30(28)31(35)36)26-5-4-12-42(20-26)29-17-24(34)8-11-27(29)22-6-9-25(10-7-22)41-15-13-40(14-16-41)19-23-18-33(23,37)38/h6-11,17,23,26,31H,3-5,12-16,18-21H2,1-2H3. The van der Waals surface area contributed by atoms with E-state index in [1.807, 2.05) is 18.2 Å². The zero-order valence-electron chi connectivity index (χ0n) is 25.7. The lowest BCUT2D eigenvalue weighted by Gasteiger charge is -2.43. The Bertz CT molecular complexity index is 1420. The zero-order chi connectivity index (χ0) is 31.9. The molecule has 0 bridgehead atoms. The predicted octanol–water partition coefficient (Wildman–Crippen LogP) is 6.00. The summed E-state index contributed by atoms with van der Waals surface area (Å²) in [5.41, 5.74) is 3.77. The van der Waals surface area contributed by atoms with Gasteiger partial charge in [0.15, 0.2) is 0 Å². The fourth-order valence-electron chi connectivity index (χ4n) is 7.01. The van der Waals surface area contributed by atoms with E-state index in [4.69, 9.17) is 16.3 Å². The summed E-state index contributed by atoms with van der Waals surface area (Å²) in [6, 6.07) is 13.9. The topological polar surface area (TPSA) is 42.5 Å². The number of hydrogen-bond acceptors (Lipinski definition) is 7. The van der Waals surface area contributed by atoms with Crippen LogP contribution in [-0.4, -0.2) is 105 Å². The smallest absolute Gasteiger partial charge is 0.337 e. The second-order valence-electron chi connectivity index (χ2n) is 12.4. The number of benzene rings is 2. The van der Waals surface area contributed by atoms with Crippen molar-refractivity contribution >= 4 is 28.9 Å². The molecule has 7 nitrogen and oxygen atoms in total. The van der Waals surface area contributed by atoms with Crippen LogP contribution in [0.2, 0.25) is 5.02 Å². The van der Waals surface area contributed by atoms with Crippen molar-refractivity contribution in [2.45, 2.75) is 44.6 Å². The first-order valence-electron chi connectivity index (χ1n) is 15.7. The number of carbonyl (C=O) groups excluding carboxylic acids is 1. The number of piperidine rings is 1. The molecule has 2 saturated heterocycles. The molecule has 0 spiro atoms. The first kappa shape index (κ1) is 31.9. The maximum atomic E-state index is 14.4. The summed E-state index contributed by atoms with van der Waals surface area (Å²) in [5, 5.41) is 3.88. The minimum atomic E-state index is -2.81. The third-order valence-corrected chi connectivity index (χ3v) is 9.67. The number of nitrogens with zero attached hydrogens (tertiary/aromatic N) is 5. The van der Waals surface area contributed by atoms with E-state index in [2.05, 4.69) is 39.0 Å². The number of hydrogen-bond donors (Lipinski definition) is 0. The monoisotopic (exact) mass is 649 g/mol. The molecular weight excluding hydrogens is 610 g/mol. The van der Waals surface area contributed by atoms with Crippen LogP contribution in [0.3, 0.4) is 0 Å². The van der Waals surface area contributed by atoms with Crippen molar-refractivity contribution in [2.75, 3.05) is 75.8 Å². The van der Waals surface area contributed by atoms with Crippen LogP contribution in [0.5, 0.6) is 0 Å². The maximum Gasteiger partial charge on any atom is 0.337 e. The van der Waals surface area contributed by atoms with Gasteiger partial charge in [-0.25, -0.2) is 27.4 Å². The van der Waals surface area contributed by atoms with Crippen LogP contribution in [0.15, 0.2) is 53.7 Å². The summed E-state index contributed by atoms with van der Waals surface area (Å²) < 4.78 is 60.6. The lowest BCUT2D eigenvalue weighted by molar-refractivity contribution is -0.138. The molecule has 2 atom stereocenters. The third-order valence-electron chi connectivity index (χ3n) is 9.43. The number of rotatable bonds is 9. The number of esters is 1. The minimum Gasteiger partial charge on any atom is -0.463 e. The molecule has 2 aromatic rings. The highest BCUT2D eigenvalue weighted by atomic mass is 35.5. The summed E-state index contributed by atoms with van der Waals surface area (Å²) in [4.78, 5) is 19.2. The van der Waals surface area contributed by atoms with Gasteiger partial charge in [0.2, 0.25) is 0 Å². The van der Waals surface area contributed by atoms with Gasteiger partial charge in [-0.05, 0) is 49.6 Å². The van der Waals surface area contributed by atoms with Crippen molar-refractivity contribution in [2.24, 2.45) is 5.92 Å². The van der Waals surface area contributed by atoms with Gasteiger partial charge in [0.1, 0.15) is 5.70 Å². The van der Waals surface area contributed by atoms with E-state index >= 15 is 0 Å². The average Bonchev–Trinajstić information content (AvgIpc) is 3.46. The normalized spacial score (nSPS) is 24.1. The first-order valence-corrected chi connectivity index (χ1v) is 16.1. The van der Waals surface area contributed by atoms with E-state index in [1.165, 1.54) is 0 Å². The van der Waals surface area contributed by atoms with Gasteiger partial charge in [-0.2, -0.15) is 0 Å². The molecule has 1 aliphatic carbocycles. The zero-order valence-corrected chi connectivity index (χ0v) is 26.5. The molecule has 0 amide bonds. The second-order valence-corrected chi connectivity index (χ2v) is 12.9. The Morgan fingerprint density at radius 3 is 2.40 bits per heavy atom. The van der Waals surface area contributed by atoms with Crippen LogP contribution in [0.4, 0.5) is 28.9 Å². The molecule has 0 aromatic heterocycles. The van der Waals surface area contributed by atoms with Gasteiger partial charge in [-0.3, -0.25) is 9.91 Å². The number of alkyl halides is 4. The molecule has 2 aromatic carbocycles. The molecule has 2 unspecified atom stereocenters. The Morgan fingerprint density at radius 1 is 1.04 bits per heavy atom. The summed E-state index contributed by atoms with van der Waals surface area (Å²) in [6.45, 7) is 6.67. The van der Waals surface area contributed by atoms with Crippen LogP contribution in [0.25, 0.3) is 11.1 Å². The number of halogens is 5. The highest BCUT2D eigenvalue weighted by Gasteiger charge is 2.57. The number of hydrazine groups is 1. The van der Waals surface area contributed by atoms with Crippen LogP contribution < -0.4 is 9.80 Å². The molecule has 244 valence electrons. The van der Waals surface area contributed by atoms with Crippen LogP contribution in [0, 0.1) is 5.92 Å². The van der Waals surface area contributed by atoms with Gasteiger partial charge in [0.05, 0.1) is 24.8 Å². The highest BCUT2D eigenvalue weighted by Crippen LogP contribution is 2.49. The number of piperazine rings is 1. The fraction of sp³-hybridized carbons (Fsp3) is 0.545. The number of ether oxygens (including phenoxy) is 1. The predicted molar refractivity (Wildman–Crippen MR) is 168 cm³/mol. The number of carbonyl (C=O) groups is 1. The quantitative estimate of drug-likeness (QED) is 0.244. The van der Waals surface area contributed by atoms with Gasteiger partial charge in [0.25, 0.3) is 12.3 Å². The summed E-state index contributed by atoms with van der Waals surface area (Å²) in [6.07, 6.45) is -1.31. The number of likely N-dealkylation sites (N-methyl/N-ethyl adjacent to an activating group) is 1. The molecule has 3 fully saturated rings. The maximum absolute atomic E-state index is 14.4. The Hall–Kier alpha value is -3.02. The van der Waals surface area contributed by atoms with E-state index in [9.17, 15) is 22.4 Å². The highest BCUT2D eigenvalue weighted by molar-refractivity contribution is 6.31. The summed E-state index contributed by atoms with van der Waals surface area (Å²) in [5.74, 6) is -3.67. The molecule has 6 rings (SSSR count). The van der Waals surface area contributed by atoms with Crippen molar-refractivity contribution in [1.29, 1.82) is 0 Å². The van der Waals surface area contributed by atoms with Crippen LogP contribution in [0.1, 0.15) is 26.2 Å². The van der Waals surface area contributed by atoms with Crippen molar-refractivity contribution < 1.29 is 27.1 Å². The molecular formula is C33H40ClF4N5O2. The average molecular weight is 650 g/mol. The van der Waals surface area contributed by atoms with Crippen molar-refractivity contribution in [3.63, 3.8) is 0 Å². The molecule has 12 heteroatoms. The van der Waals surface area contributed by atoms with E-state index in [-0.39, 0.29) is 36.9 Å². The Balaban J connectivity index is 1.17. The molecule has 3 aliphatic heterocycles. The van der Waals surface area contributed by atoms with E-state index in [0.717, 1.165) is 61.6 Å². The SMILES string of the molecule is CCOC(=O)C1=C(C(F)F)N(C2CCCN(c3cc(Cl)ccc3-c3ccc(N4CCN(CC5CC5(F)F)CC4)cc3)C2)N(C)C1. The third kappa shape index (κ3) is 6.76. The van der Waals surface area contributed by atoms with Gasteiger partial charge < -0.3 is 14.5 Å². The molecule has 45 heavy (non-hydrogen) atoms. The summed E-state index contributed by atoms with van der Waals surface area (Å²) in [7, 11) is 1.73. The second kappa shape index (κ2) is 13.0. The van der Waals surface area contributed by atoms with Crippen molar-refractivity contribution in [3.05, 3.63) is 58.8 Å².